The molecule has 0 aromatic carbocycles. The third kappa shape index (κ3) is 4.18. The molecule has 23 heavy (non-hydrogen) atoms. The van der Waals surface area contributed by atoms with E-state index in [-0.39, 0.29) is 0 Å². The lowest BCUT2D eigenvalue weighted by atomic mass is 9.86. The Bertz CT molecular complexity index is 394. The summed E-state index contributed by atoms with van der Waals surface area (Å²) in [5.41, 5.74) is 0.619. The van der Waals surface area contributed by atoms with Gasteiger partial charge >= 0.3 is 0 Å². The van der Waals surface area contributed by atoms with Crippen molar-refractivity contribution in [2.24, 2.45) is 10.4 Å². The molecule has 5 heteroatoms. The third-order valence-corrected chi connectivity index (χ3v) is 6.24. The van der Waals surface area contributed by atoms with Gasteiger partial charge in [-0.15, -0.1) is 0 Å². The van der Waals surface area contributed by atoms with Crippen LogP contribution in [-0.4, -0.2) is 86.6 Å². The van der Waals surface area contributed by atoms with E-state index in [9.17, 15) is 0 Å². The Hall–Kier alpha value is -0.810. The summed E-state index contributed by atoms with van der Waals surface area (Å²) in [5.74, 6) is 1.13. The van der Waals surface area contributed by atoms with Crippen LogP contribution in [0.5, 0.6) is 0 Å². The highest BCUT2D eigenvalue weighted by molar-refractivity contribution is 5.80. The number of hydrogen-bond donors (Lipinski definition) is 1. The van der Waals surface area contributed by atoms with Gasteiger partial charge in [-0.25, -0.2) is 0 Å². The van der Waals surface area contributed by atoms with Gasteiger partial charge in [-0.05, 0) is 31.2 Å². The van der Waals surface area contributed by atoms with Crippen LogP contribution < -0.4 is 5.32 Å². The third-order valence-electron chi connectivity index (χ3n) is 6.24. The second kappa shape index (κ2) is 7.84. The highest BCUT2D eigenvalue weighted by Gasteiger charge is 2.41. The van der Waals surface area contributed by atoms with E-state index < -0.39 is 0 Å². The Kier molecular flexibility index (Phi) is 5.81. The molecule has 5 nitrogen and oxygen atoms in total. The molecule has 3 rings (SSSR count). The van der Waals surface area contributed by atoms with Crippen molar-refractivity contribution in [2.45, 2.75) is 39.0 Å². The van der Waals surface area contributed by atoms with Gasteiger partial charge in [0.1, 0.15) is 0 Å². The van der Waals surface area contributed by atoms with Crippen LogP contribution in [0.15, 0.2) is 4.99 Å². The second-order valence-electron chi connectivity index (χ2n) is 7.63. The van der Waals surface area contributed by atoms with Crippen molar-refractivity contribution in [3.05, 3.63) is 0 Å². The molecular formula is C18H35N5. The SMILES string of the molecule is CCN1CCN(CCNC(=NC)N2CCC3(CCCC3)C2)CC1. The van der Waals surface area contributed by atoms with Crippen molar-refractivity contribution in [1.82, 2.24) is 20.0 Å². The Balaban J connectivity index is 1.39. The molecule has 0 atom stereocenters. The number of nitrogens with one attached hydrogen (secondary N) is 1. The zero-order valence-electron chi connectivity index (χ0n) is 15.2. The summed E-state index contributed by atoms with van der Waals surface area (Å²) >= 11 is 0. The number of likely N-dealkylation sites (tertiary alicyclic amines) is 1. The van der Waals surface area contributed by atoms with Crippen molar-refractivity contribution in [2.75, 3.05) is 66.0 Å². The van der Waals surface area contributed by atoms with Crippen molar-refractivity contribution >= 4 is 5.96 Å². The van der Waals surface area contributed by atoms with Crippen LogP contribution in [0.4, 0.5) is 0 Å². The summed E-state index contributed by atoms with van der Waals surface area (Å²) in [5, 5.41) is 3.61. The molecular weight excluding hydrogens is 286 g/mol. The van der Waals surface area contributed by atoms with E-state index >= 15 is 0 Å². The molecule has 2 saturated heterocycles. The largest absolute Gasteiger partial charge is 0.355 e. The predicted octanol–water partition coefficient (Wildman–Crippen LogP) is 1.47. The van der Waals surface area contributed by atoms with Gasteiger partial charge in [-0.1, -0.05) is 19.8 Å². The maximum absolute atomic E-state index is 4.54. The molecule has 3 fully saturated rings. The Morgan fingerprint density at radius 2 is 1.70 bits per heavy atom. The molecule has 0 aromatic heterocycles. The monoisotopic (exact) mass is 321 g/mol. The number of likely N-dealkylation sites (N-methyl/N-ethyl adjacent to an activating group) is 1. The van der Waals surface area contributed by atoms with Crippen LogP contribution in [-0.2, 0) is 0 Å². The molecule has 0 radical (unpaired) electrons. The maximum Gasteiger partial charge on any atom is 0.193 e. The van der Waals surface area contributed by atoms with Crippen molar-refractivity contribution < 1.29 is 0 Å². The molecule has 3 aliphatic rings. The molecule has 0 unspecified atom stereocenters. The lowest BCUT2D eigenvalue weighted by Gasteiger charge is -2.34. The highest BCUT2D eigenvalue weighted by Crippen LogP contribution is 2.45. The van der Waals surface area contributed by atoms with Crippen molar-refractivity contribution in [3.63, 3.8) is 0 Å². The summed E-state index contributed by atoms with van der Waals surface area (Å²) in [6.45, 7) is 12.9. The zero-order chi connectivity index (χ0) is 16.1. The lowest BCUT2D eigenvalue weighted by molar-refractivity contribution is 0.139. The first kappa shape index (κ1) is 17.0. The minimum absolute atomic E-state index is 0.619. The maximum atomic E-state index is 4.54. The number of rotatable bonds is 4. The van der Waals surface area contributed by atoms with E-state index in [2.05, 4.69) is 31.9 Å². The quantitative estimate of drug-likeness (QED) is 0.628. The summed E-state index contributed by atoms with van der Waals surface area (Å²) in [6, 6.07) is 0. The van der Waals surface area contributed by atoms with Gasteiger partial charge in [0.25, 0.3) is 0 Å². The lowest BCUT2D eigenvalue weighted by Crippen LogP contribution is -2.49. The minimum atomic E-state index is 0.619. The normalized spacial score (nSPS) is 26.3. The van der Waals surface area contributed by atoms with E-state index in [1.54, 1.807) is 0 Å². The molecule has 1 aliphatic carbocycles. The van der Waals surface area contributed by atoms with E-state index in [1.807, 2.05) is 7.05 Å². The van der Waals surface area contributed by atoms with E-state index in [0.29, 0.717) is 5.41 Å². The van der Waals surface area contributed by atoms with Gasteiger partial charge in [0.15, 0.2) is 5.96 Å². The van der Waals surface area contributed by atoms with Crippen molar-refractivity contribution in [3.8, 4) is 0 Å². The second-order valence-corrected chi connectivity index (χ2v) is 7.63. The molecule has 0 aromatic rings. The summed E-state index contributed by atoms with van der Waals surface area (Å²) < 4.78 is 0. The predicted molar refractivity (Wildman–Crippen MR) is 97.0 cm³/mol. The van der Waals surface area contributed by atoms with E-state index in [1.165, 1.54) is 77.9 Å². The highest BCUT2D eigenvalue weighted by atomic mass is 15.3. The smallest absolute Gasteiger partial charge is 0.193 e. The fourth-order valence-corrected chi connectivity index (χ4v) is 4.64. The summed E-state index contributed by atoms with van der Waals surface area (Å²) in [6.07, 6.45) is 7.10. The van der Waals surface area contributed by atoms with Gasteiger partial charge in [0.2, 0.25) is 0 Å². The van der Waals surface area contributed by atoms with Gasteiger partial charge in [0, 0.05) is 59.4 Å². The van der Waals surface area contributed by atoms with Crippen molar-refractivity contribution in [1.29, 1.82) is 0 Å². The average Bonchev–Trinajstić information content (AvgIpc) is 3.22. The first-order valence-corrected chi connectivity index (χ1v) is 9.65. The van der Waals surface area contributed by atoms with Crippen LogP contribution in [0.2, 0.25) is 0 Å². The van der Waals surface area contributed by atoms with Gasteiger partial charge in [-0.3, -0.25) is 9.89 Å². The first-order valence-electron chi connectivity index (χ1n) is 9.65. The zero-order valence-corrected chi connectivity index (χ0v) is 15.2. The van der Waals surface area contributed by atoms with Gasteiger partial charge in [-0.2, -0.15) is 0 Å². The van der Waals surface area contributed by atoms with Crippen LogP contribution in [0.1, 0.15) is 39.0 Å². The minimum Gasteiger partial charge on any atom is -0.355 e. The molecule has 0 bridgehead atoms. The molecule has 1 saturated carbocycles. The Morgan fingerprint density at radius 3 is 2.35 bits per heavy atom. The number of guanidine groups is 1. The molecule has 132 valence electrons. The van der Waals surface area contributed by atoms with Crippen LogP contribution in [0.3, 0.4) is 0 Å². The molecule has 2 aliphatic heterocycles. The fraction of sp³-hybridized carbons (Fsp3) is 0.944. The van der Waals surface area contributed by atoms with Crippen LogP contribution in [0.25, 0.3) is 0 Å². The number of aliphatic imine (C=N–C) groups is 1. The van der Waals surface area contributed by atoms with E-state index in [4.69, 9.17) is 0 Å². The standard InChI is InChI=1S/C18H35N5/c1-3-21-12-14-22(15-13-21)11-9-20-17(19-2)23-10-8-18(16-23)6-4-5-7-18/h3-16H2,1-2H3,(H,19,20). The van der Waals surface area contributed by atoms with Crippen LogP contribution in [0, 0.1) is 5.41 Å². The molecule has 2 heterocycles. The topological polar surface area (TPSA) is 34.1 Å². The summed E-state index contributed by atoms with van der Waals surface area (Å²) in [4.78, 5) is 12.2. The number of nitrogens with zero attached hydrogens (tertiary/aromatic N) is 4. The van der Waals surface area contributed by atoms with Gasteiger partial charge in [0.05, 0.1) is 0 Å². The molecule has 0 amide bonds. The number of hydrogen-bond acceptors (Lipinski definition) is 3. The van der Waals surface area contributed by atoms with E-state index in [0.717, 1.165) is 19.0 Å². The first-order chi connectivity index (χ1) is 11.2. The number of piperazine rings is 1. The fourth-order valence-electron chi connectivity index (χ4n) is 4.64. The average molecular weight is 322 g/mol. The Labute approximate surface area is 142 Å². The summed E-state index contributed by atoms with van der Waals surface area (Å²) in [7, 11) is 1.93. The molecule has 1 N–H and O–H groups in total. The van der Waals surface area contributed by atoms with Crippen LogP contribution >= 0.6 is 0 Å². The Morgan fingerprint density at radius 1 is 1.00 bits per heavy atom. The molecule has 1 spiro atoms. The van der Waals surface area contributed by atoms with Gasteiger partial charge < -0.3 is 15.1 Å².